The summed E-state index contributed by atoms with van der Waals surface area (Å²) in [4.78, 5) is 0. The molecule has 0 aliphatic rings. The van der Waals surface area contributed by atoms with Crippen LogP contribution in [0.25, 0.3) is 0 Å². The zero-order valence-electron chi connectivity index (χ0n) is 9.06. The lowest BCUT2D eigenvalue weighted by atomic mass is 10.3. The molecular formula is C12H15NO2. The van der Waals surface area contributed by atoms with Gasteiger partial charge in [-0.25, -0.2) is 0 Å². The van der Waals surface area contributed by atoms with Gasteiger partial charge in [0.05, 0.1) is 19.1 Å². The molecule has 1 aromatic rings. The van der Waals surface area contributed by atoms with Crippen LogP contribution in [0.2, 0.25) is 0 Å². The Hall–Kier alpha value is -1.69. The lowest BCUT2D eigenvalue weighted by Gasteiger charge is -2.12. The highest BCUT2D eigenvalue weighted by molar-refractivity contribution is 5.33. The third-order valence-electron chi connectivity index (χ3n) is 1.83. The van der Waals surface area contributed by atoms with E-state index in [1.54, 1.807) is 0 Å². The molecule has 80 valence electrons. The van der Waals surface area contributed by atoms with Gasteiger partial charge < -0.3 is 9.47 Å². The molecule has 0 aliphatic carbocycles. The highest BCUT2D eigenvalue weighted by atomic mass is 16.5. The van der Waals surface area contributed by atoms with Gasteiger partial charge in [0.25, 0.3) is 0 Å². The maximum atomic E-state index is 8.50. The third kappa shape index (κ3) is 3.90. The van der Waals surface area contributed by atoms with Crippen LogP contribution < -0.4 is 9.47 Å². The van der Waals surface area contributed by atoms with Crippen molar-refractivity contribution in [1.29, 1.82) is 5.26 Å². The number of hydrogen-bond donors (Lipinski definition) is 0. The lowest BCUT2D eigenvalue weighted by molar-refractivity contribution is 0.225. The first-order chi connectivity index (χ1) is 7.26. The normalized spacial score (nSPS) is 11.5. The van der Waals surface area contributed by atoms with Crippen LogP contribution in [0, 0.1) is 11.3 Å². The molecule has 0 aromatic heterocycles. The molecule has 0 saturated heterocycles. The Balaban J connectivity index is 2.61. The van der Waals surface area contributed by atoms with E-state index in [9.17, 15) is 0 Å². The lowest BCUT2D eigenvalue weighted by Crippen LogP contribution is -2.10. The van der Waals surface area contributed by atoms with Crippen molar-refractivity contribution < 1.29 is 9.47 Å². The Bertz CT molecular complexity index is 344. The highest BCUT2D eigenvalue weighted by Gasteiger charge is 2.03. The molecule has 1 atom stereocenters. The molecular weight excluding hydrogens is 190 g/mol. The van der Waals surface area contributed by atoms with Crippen molar-refractivity contribution in [3.63, 3.8) is 0 Å². The Kier molecular flexibility index (Phi) is 4.49. The van der Waals surface area contributed by atoms with Gasteiger partial charge in [-0.1, -0.05) is 6.07 Å². The standard InChI is InChI=1S/C12H15NO2/c1-3-14-11-5-4-6-12(9-11)15-10(2)7-8-13/h4-6,9-10H,3,7H2,1-2H3. The second-order valence-corrected chi connectivity index (χ2v) is 3.20. The minimum atomic E-state index is -0.0909. The summed E-state index contributed by atoms with van der Waals surface area (Å²) < 4.78 is 10.9. The van der Waals surface area contributed by atoms with E-state index in [2.05, 4.69) is 6.07 Å². The summed E-state index contributed by atoms with van der Waals surface area (Å²) in [6.07, 6.45) is 0.297. The smallest absolute Gasteiger partial charge is 0.123 e. The zero-order valence-corrected chi connectivity index (χ0v) is 9.06. The molecule has 0 saturated carbocycles. The van der Waals surface area contributed by atoms with Gasteiger partial charge in [-0.2, -0.15) is 5.26 Å². The largest absolute Gasteiger partial charge is 0.494 e. The molecule has 0 bridgehead atoms. The molecule has 1 unspecified atom stereocenters. The van der Waals surface area contributed by atoms with E-state index in [1.165, 1.54) is 0 Å². The topological polar surface area (TPSA) is 42.2 Å². The van der Waals surface area contributed by atoms with E-state index < -0.39 is 0 Å². The van der Waals surface area contributed by atoms with Crippen molar-refractivity contribution in [2.24, 2.45) is 0 Å². The van der Waals surface area contributed by atoms with E-state index >= 15 is 0 Å². The molecule has 0 amide bonds. The molecule has 3 nitrogen and oxygen atoms in total. The number of benzene rings is 1. The first-order valence-corrected chi connectivity index (χ1v) is 5.02. The Morgan fingerprint density at radius 2 is 2.13 bits per heavy atom. The maximum Gasteiger partial charge on any atom is 0.123 e. The molecule has 0 radical (unpaired) electrons. The fraction of sp³-hybridized carbons (Fsp3) is 0.417. The number of rotatable bonds is 5. The van der Waals surface area contributed by atoms with E-state index in [0.717, 1.165) is 11.5 Å². The second-order valence-electron chi connectivity index (χ2n) is 3.20. The van der Waals surface area contributed by atoms with Gasteiger partial charge in [0.2, 0.25) is 0 Å². The van der Waals surface area contributed by atoms with Crippen molar-refractivity contribution >= 4 is 0 Å². The van der Waals surface area contributed by atoms with Gasteiger partial charge in [0.1, 0.15) is 17.6 Å². The number of ether oxygens (including phenoxy) is 2. The van der Waals surface area contributed by atoms with Crippen LogP contribution in [0.3, 0.4) is 0 Å². The van der Waals surface area contributed by atoms with Crippen LogP contribution >= 0.6 is 0 Å². The molecule has 0 aliphatic heterocycles. The highest BCUT2D eigenvalue weighted by Crippen LogP contribution is 2.20. The van der Waals surface area contributed by atoms with Crippen LogP contribution in [0.4, 0.5) is 0 Å². The van der Waals surface area contributed by atoms with Crippen LogP contribution in [0.1, 0.15) is 20.3 Å². The van der Waals surface area contributed by atoms with Gasteiger partial charge in [-0.3, -0.25) is 0 Å². The van der Waals surface area contributed by atoms with Crippen molar-refractivity contribution in [1.82, 2.24) is 0 Å². The first kappa shape index (κ1) is 11.4. The van der Waals surface area contributed by atoms with Crippen LogP contribution in [-0.2, 0) is 0 Å². The monoisotopic (exact) mass is 205 g/mol. The molecule has 0 spiro atoms. The number of nitrogens with zero attached hydrogens (tertiary/aromatic N) is 1. The fourth-order valence-electron chi connectivity index (χ4n) is 1.21. The summed E-state index contributed by atoms with van der Waals surface area (Å²) in [5.41, 5.74) is 0. The Labute approximate surface area is 90.2 Å². The van der Waals surface area contributed by atoms with Gasteiger partial charge in [0, 0.05) is 6.07 Å². The maximum absolute atomic E-state index is 8.50. The van der Waals surface area contributed by atoms with Crippen LogP contribution in [0.5, 0.6) is 11.5 Å². The van der Waals surface area contributed by atoms with E-state index in [0.29, 0.717) is 13.0 Å². The van der Waals surface area contributed by atoms with E-state index in [1.807, 2.05) is 38.1 Å². The predicted molar refractivity (Wildman–Crippen MR) is 57.9 cm³/mol. The van der Waals surface area contributed by atoms with Crippen molar-refractivity contribution in [3.8, 4) is 17.6 Å². The fourth-order valence-corrected chi connectivity index (χ4v) is 1.21. The minimum Gasteiger partial charge on any atom is -0.494 e. The molecule has 0 fully saturated rings. The van der Waals surface area contributed by atoms with Gasteiger partial charge in [-0.05, 0) is 26.0 Å². The molecule has 1 aromatic carbocycles. The van der Waals surface area contributed by atoms with E-state index in [-0.39, 0.29) is 6.10 Å². The quantitative estimate of drug-likeness (QED) is 0.742. The molecule has 0 heterocycles. The second kappa shape index (κ2) is 5.92. The molecule has 1 rings (SSSR count). The van der Waals surface area contributed by atoms with Crippen molar-refractivity contribution in [2.75, 3.05) is 6.61 Å². The average Bonchev–Trinajstić information content (AvgIpc) is 2.19. The first-order valence-electron chi connectivity index (χ1n) is 5.02. The Morgan fingerprint density at radius 3 is 2.80 bits per heavy atom. The van der Waals surface area contributed by atoms with Crippen molar-refractivity contribution in [2.45, 2.75) is 26.4 Å². The average molecular weight is 205 g/mol. The summed E-state index contributed by atoms with van der Waals surface area (Å²) in [5.74, 6) is 1.53. The van der Waals surface area contributed by atoms with Gasteiger partial charge >= 0.3 is 0 Å². The van der Waals surface area contributed by atoms with Gasteiger partial charge in [0.15, 0.2) is 0 Å². The van der Waals surface area contributed by atoms with Crippen LogP contribution in [0.15, 0.2) is 24.3 Å². The van der Waals surface area contributed by atoms with Crippen molar-refractivity contribution in [3.05, 3.63) is 24.3 Å². The van der Waals surface area contributed by atoms with E-state index in [4.69, 9.17) is 14.7 Å². The summed E-state index contributed by atoms with van der Waals surface area (Å²) in [6.45, 7) is 4.44. The molecule has 15 heavy (non-hydrogen) atoms. The summed E-state index contributed by atoms with van der Waals surface area (Å²) in [7, 11) is 0. The zero-order chi connectivity index (χ0) is 11.1. The summed E-state index contributed by atoms with van der Waals surface area (Å²) in [6, 6.07) is 9.51. The van der Waals surface area contributed by atoms with Gasteiger partial charge in [-0.15, -0.1) is 0 Å². The molecule has 0 N–H and O–H groups in total. The molecule has 3 heteroatoms. The number of hydrogen-bond acceptors (Lipinski definition) is 3. The number of nitriles is 1. The Morgan fingerprint density at radius 1 is 1.40 bits per heavy atom. The SMILES string of the molecule is CCOc1cccc(OC(C)CC#N)c1. The van der Waals surface area contributed by atoms with Crippen LogP contribution in [-0.4, -0.2) is 12.7 Å². The predicted octanol–water partition coefficient (Wildman–Crippen LogP) is 2.77. The minimum absolute atomic E-state index is 0.0909. The summed E-state index contributed by atoms with van der Waals surface area (Å²) >= 11 is 0. The summed E-state index contributed by atoms with van der Waals surface area (Å²) in [5, 5.41) is 8.50. The third-order valence-corrected chi connectivity index (χ3v) is 1.83.